The van der Waals surface area contributed by atoms with Crippen LogP contribution in [-0.2, 0) is 10.0 Å². The van der Waals surface area contributed by atoms with Crippen molar-refractivity contribution in [1.82, 2.24) is 14.8 Å². The minimum Gasteiger partial charge on any atom is -0.384 e. The number of rotatable bonds is 3. The van der Waals surface area contributed by atoms with Crippen LogP contribution in [0.15, 0.2) is 23.1 Å². The molecule has 9 heteroatoms. The number of aliphatic hydroxyl groups excluding tert-OH is 1. The molecule has 7 nitrogen and oxygen atoms in total. The largest absolute Gasteiger partial charge is 0.384 e. The molecule has 0 unspecified atom stereocenters. The Balaban J connectivity index is 2.45. The molecule has 2 rings (SSSR count). The monoisotopic (exact) mass is 310 g/mol. The van der Waals surface area contributed by atoms with E-state index in [0.29, 0.717) is 5.56 Å². The van der Waals surface area contributed by atoms with Gasteiger partial charge in [0.1, 0.15) is 11.5 Å². The first kappa shape index (κ1) is 14.4. The van der Waals surface area contributed by atoms with Crippen molar-refractivity contribution in [3.8, 4) is 11.8 Å². The number of sulfonamides is 1. The van der Waals surface area contributed by atoms with Gasteiger partial charge < -0.3 is 5.11 Å². The van der Waals surface area contributed by atoms with Gasteiger partial charge in [0.2, 0.25) is 5.13 Å². The highest BCUT2D eigenvalue weighted by Gasteiger charge is 2.19. The molecule has 0 aliphatic carbocycles. The van der Waals surface area contributed by atoms with E-state index in [9.17, 15) is 8.42 Å². The van der Waals surface area contributed by atoms with Crippen LogP contribution in [0, 0.1) is 18.8 Å². The van der Waals surface area contributed by atoms with E-state index >= 15 is 0 Å². The van der Waals surface area contributed by atoms with E-state index in [1.807, 2.05) is 6.92 Å². The molecule has 2 aromatic rings. The van der Waals surface area contributed by atoms with E-state index in [0.717, 1.165) is 17.1 Å². The number of hydrogen-bond donors (Lipinski definition) is 2. The third kappa shape index (κ3) is 3.30. The van der Waals surface area contributed by atoms with Crippen LogP contribution in [0.1, 0.15) is 11.1 Å². The Labute approximate surface area is 119 Å². The number of aliphatic hydroxyl groups is 1. The molecule has 1 heterocycles. The Kier molecular flexibility index (Phi) is 4.29. The van der Waals surface area contributed by atoms with Crippen LogP contribution < -0.4 is 4.72 Å². The summed E-state index contributed by atoms with van der Waals surface area (Å²) in [5.41, 5.74) is 1.17. The van der Waals surface area contributed by atoms with Crippen molar-refractivity contribution in [2.75, 3.05) is 11.3 Å². The molecule has 20 heavy (non-hydrogen) atoms. The van der Waals surface area contributed by atoms with E-state index in [-0.39, 0.29) is 16.6 Å². The van der Waals surface area contributed by atoms with Crippen molar-refractivity contribution >= 4 is 26.7 Å². The quantitative estimate of drug-likeness (QED) is 0.794. The minimum absolute atomic E-state index is 0.0132. The smallest absolute Gasteiger partial charge is 0.264 e. The lowest BCUT2D eigenvalue weighted by molar-refractivity contribution is 0.350. The van der Waals surface area contributed by atoms with Crippen LogP contribution in [0.25, 0.3) is 0 Å². The average molecular weight is 310 g/mol. The predicted octanol–water partition coefficient (Wildman–Crippen LogP) is 0.386. The van der Waals surface area contributed by atoms with Crippen LogP contribution in [0.3, 0.4) is 0 Å². The molecular weight excluding hydrogens is 300 g/mol. The van der Waals surface area contributed by atoms with Gasteiger partial charge in [0.15, 0.2) is 0 Å². The molecule has 0 bridgehead atoms. The Morgan fingerprint density at radius 1 is 1.45 bits per heavy atom. The number of aromatic nitrogens is 3. The minimum atomic E-state index is -3.83. The molecule has 0 aliphatic heterocycles. The first-order valence-corrected chi connectivity index (χ1v) is 7.67. The maximum Gasteiger partial charge on any atom is 0.264 e. The Morgan fingerprint density at radius 2 is 2.25 bits per heavy atom. The zero-order valence-corrected chi connectivity index (χ0v) is 12.0. The summed E-state index contributed by atoms with van der Waals surface area (Å²) >= 11 is 0.833. The van der Waals surface area contributed by atoms with Crippen LogP contribution in [0.4, 0.5) is 5.13 Å². The van der Waals surface area contributed by atoms with E-state index in [1.54, 1.807) is 12.1 Å². The van der Waals surface area contributed by atoms with Crippen molar-refractivity contribution in [3.63, 3.8) is 0 Å². The highest BCUT2D eigenvalue weighted by atomic mass is 32.2. The maximum absolute atomic E-state index is 12.3. The molecular formula is C11H10N4O3S2. The zero-order chi connectivity index (χ0) is 14.6. The highest BCUT2D eigenvalue weighted by molar-refractivity contribution is 7.93. The number of nitrogens with zero attached hydrogens (tertiary/aromatic N) is 3. The van der Waals surface area contributed by atoms with Gasteiger partial charge >= 0.3 is 0 Å². The molecule has 0 saturated carbocycles. The fraction of sp³-hybridized carbons (Fsp3) is 0.182. The highest BCUT2D eigenvalue weighted by Crippen LogP contribution is 2.20. The van der Waals surface area contributed by atoms with Gasteiger partial charge in [0.05, 0.1) is 0 Å². The van der Waals surface area contributed by atoms with E-state index < -0.39 is 10.0 Å². The molecule has 2 N–H and O–H groups in total. The summed E-state index contributed by atoms with van der Waals surface area (Å²) in [4.78, 5) is 0.0132. The molecule has 0 fully saturated rings. The van der Waals surface area contributed by atoms with Gasteiger partial charge in [-0.2, -0.15) is 0 Å². The van der Waals surface area contributed by atoms with Crippen molar-refractivity contribution in [3.05, 3.63) is 29.3 Å². The summed E-state index contributed by atoms with van der Waals surface area (Å²) < 4.78 is 30.3. The second kappa shape index (κ2) is 5.96. The van der Waals surface area contributed by atoms with Gasteiger partial charge in [-0.3, -0.25) is 4.72 Å². The second-order valence-corrected chi connectivity index (χ2v) is 6.12. The summed E-state index contributed by atoms with van der Waals surface area (Å²) in [6, 6.07) is 4.75. The normalized spacial score (nSPS) is 10.7. The third-order valence-electron chi connectivity index (χ3n) is 2.25. The van der Waals surface area contributed by atoms with Crippen LogP contribution >= 0.6 is 11.5 Å². The summed E-state index contributed by atoms with van der Waals surface area (Å²) in [6.07, 6.45) is 0. The lowest BCUT2D eigenvalue weighted by atomic mass is 10.1. The summed E-state index contributed by atoms with van der Waals surface area (Å²) in [5, 5.41) is 15.7. The van der Waals surface area contributed by atoms with E-state index in [1.165, 1.54) is 6.07 Å². The maximum atomic E-state index is 12.3. The number of anilines is 1. The molecule has 0 amide bonds. The fourth-order valence-electron chi connectivity index (χ4n) is 1.45. The van der Waals surface area contributed by atoms with Gasteiger partial charge in [-0.05, 0) is 29.8 Å². The Hall–Kier alpha value is -2.02. The molecule has 1 aromatic carbocycles. The molecule has 0 aliphatic rings. The molecule has 0 atom stereocenters. The van der Waals surface area contributed by atoms with Crippen LogP contribution in [-0.4, -0.2) is 34.9 Å². The average Bonchev–Trinajstić information content (AvgIpc) is 2.88. The summed E-state index contributed by atoms with van der Waals surface area (Å²) in [6.45, 7) is 1.48. The summed E-state index contributed by atoms with van der Waals surface area (Å²) in [5.74, 6) is 5.06. The molecule has 0 radical (unpaired) electrons. The molecule has 0 saturated heterocycles. The van der Waals surface area contributed by atoms with Crippen molar-refractivity contribution in [1.29, 1.82) is 0 Å². The van der Waals surface area contributed by atoms with Gasteiger partial charge in [0.25, 0.3) is 10.0 Å². The lowest BCUT2D eigenvalue weighted by Crippen LogP contribution is -2.14. The first-order valence-electron chi connectivity index (χ1n) is 5.41. The fourth-order valence-corrected chi connectivity index (χ4v) is 3.18. The van der Waals surface area contributed by atoms with Gasteiger partial charge in [-0.25, -0.2) is 8.42 Å². The second-order valence-electron chi connectivity index (χ2n) is 3.73. The van der Waals surface area contributed by atoms with Crippen LogP contribution in [0.5, 0.6) is 0 Å². The summed E-state index contributed by atoms with van der Waals surface area (Å²) in [7, 11) is -3.83. The first-order chi connectivity index (χ1) is 9.53. The third-order valence-corrected chi connectivity index (χ3v) is 4.29. The molecule has 1 aromatic heterocycles. The van der Waals surface area contributed by atoms with Gasteiger partial charge in [-0.1, -0.05) is 27.5 Å². The SMILES string of the molecule is Cc1ccc(S(=O)(=O)Nc2nnns2)c(C#CCO)c1. The number of hydrogen-bond acceptors (Lipinski definition) is 7. The molecule has 0 spiro atoms. The van der Waals surface area contributed by atoms with E-state index in [4.69, 9.17) is 5.11 Å². The Morgan fingerprint density at radius 3 is 2.90 bits per heavy atom. The predicted molar refractivity (Wildman–Crippen MR) is 73.7 cm³/mol. The topological polar surface area (TPSA) is 105 Å². The van der Waals surface area contributed by atoms with Gasteiger partial charge in [0, 0.05) is 17.1 Å². The zero-order valence-electron chi connectivity index (χ0n) is 10.4. The standard InChI is InChI=1S/C11H10N4O3S2/c1-8-4-5-10(9(7-8)3-2-6-16)20(17,18)13-11-12-14-15-19-11/h4-5,7,16H,6H2,1H3,(H,12,13,15). The number of benzene rings is 1. The number of aryl methyl sites for hydroxylation is 1. The van der Waals surface area contributed by atoms with Crippen molar-refractivity contribution in [2.45, 2.75) is 11.8 Å². The lowest BCUT2D eigenvalue weighted by Gasteiger charge is -2.07. The Bertz CT molecular complexity index is 761. The number of nitrogens with one attached hydrogen (secondary N) is 1. The van der Waals surface area contributed by atoms with Crippen molar-refractivity contribution in [2.24, 2.45) is 0 Å². The van der Waals surface area contributed by atoms with Crippen LogP contribution in [0.2, 0.25) is 0 Å². The van der Waals surface area contributed by atoms with E-state index in [2.05, 4.69) is 31.4 Å². The molecule has 104 valence electrons. The van der Waals surface area contributed by atoms with Crippen molar-refractivity contribution < 1.29 is 13.5 Å². The van der Waals surface area contributed by atoms with Gasteiger partial charge in [-0.15, -0.1) is 0 Å².